The van der Waals surface area contributed by atoms with Crippen LogP contribution in [0.15, 0.2) is 6.20 Å². The first-order valence-electron chi connectivity index (χ1n) is 7.01. The molecule has 5 heteroatoms. The summed E-state index contributed by atoms with van der Waals surface area (Å²) in [6, 6.07) is 0.407. The topological polar surface area (TPSA) is 58.4 Å². The number of carboxylic acid groups (broad SMARTS) is 1. The molecule has 0 spiro atoms. The van der Waals surface area contributed by atoms with Crippen molar-refractivity contribution in [2.75, 3.05) is 6.54 Å². The zero-order valence-corrected chi connectivity index (χ0v) is 11.8. The predicted octanol–water partition coefficient (Wildman–Crippen LogP) is 1.95. The maximum absolute atomic E-state index is 10.7. The van der Waals surface area contributed by atoms with Gasteiger partial charge in [0.15, 0.2) is 0 Å². The van der Waals surface area contributed by atoms with Crippen LogP contribution in [-0.4, -0.2) is 38.3 Å². The third kappa shape index (κ3) is 3.80. The lowest BCUT2D eigenvalue weighted by molar-refractivity contribution is -0.137. The van der Waals surface area contributed by atoms with Crippen LogP contribution in [0.25, 0.3) is 0 Å². The second-order valence-corrected chi connectivity index (χ2v) is 5.47. The lowest BCUT2D eigenvalue weighted by Crippen LogP contribution is -2.39. The molecule has 1 aromatic heterocycles. The van der Waals surface area contributed by atoms with E-state index in [4.69, 9.17) is 5.11 Å². The Labute approximate surface area is 114 Å². The zero-order chi connectivity index (χ0) is 13.8. The lowest BCUT2D eigenvalue weighted by atomic mass is 9.97. The van der Waals surface area contributed by atoms with Gasteiger partial charge in [-0.1, -0.05) is 6.42 Å². The second kappa shape index (κ2) is 6.19. The molecule has 2 heterocycles. The molecule has 1 atom stereocenters. The maximum atomic E-state index is 10.7. The van der Waals surface area contributed by atoms with Crippen LogP contribution < -0.4 is 0 Å². The molecule has 0 amide bonds. The number of aromatic nitrogens is 2. The molecule has 5 nitrogen and oxygen atoms in total. The Bertz CT molecular complexity index is 442. The molecule has 1 aromatic rings. The molecule has 0 bridgehead atoms. The van der Waals surface area contributed by atoms with Crippen molar-refractivity contribution in [3.63, 3.8) is 0 Å². The van der Waals surface area contributed by atoms with E-state index in [0.29, 0.717) is 6.04 Å². The summed E-state index contributed by atoms with van der Waals surface area (Å²) in [4.78, 5) is 13.2. The van der Waals surface area contributed by atoms with E-state index in [2.05, 4.69) is 16.2 Å². The highest BCUT2D eigenvalue weighted by molar-refractivity contribution is 5.66. The summed E-state index contributed by atoms with van der Waals surface area (Å²) in [5.41, 5.74) is 2.33. The number of rotatable bonds is 5. The molecular weight excluding hydrogens is 242 g/mol. The van der Waals surface area contributed by atoms with E-state index in [1.807, 2.05) is 18.7 Å². The minimum Gasteiger partial charge on any atom is -0.481 e. The van der Waals surface area contributed by atoms with E-state index in [0.717, 1.165) is 31.6 Å². The van der Waals surface area contributed by atoms with Gasteiger partial charge in [0.1, 0.15) is 0 Å². The molecule has 1 aliphatic heterocycles. The molecule has 1 fully saturated rings. The average Bonchev–Trinajstić information content (AvgIpc) is 2.67. The van der Waals surface area contributed by atoms with Crippen LogP contribution in [0.1, 0.15) is 43.4 Å². The van der Waals surface area contributed by atoms with E-state index in [1.165, 1.54) is 18.4 Å². The number of hydrogen-bond donors (Lipinski definition) is 1. The molecular formula is C14H23N3O2. The van der Waals surface area contributed by atoms with Crippen molar-refractivity contribution in [2.45, 2.75) is 51.6 Å². The minimum absolute atomic E-state index is 0.271. The third-order valence-electron chi connectivity index (χ3n) is 3.93. The standard InChI is InChI=1S/C14H23N3O2/c1-11-12(9-16(2)15-11)10-17-8-4-3-5-13(17)6-7-14(18)19/h9,13H,3-8,10H2,1-2H3,(H,18,19). The van der Waals surface area contributed by atoms with Gasteiger partial charge in [-0.25, -0.2) is 0 Å². The molecule has 0 radical (unpaired) electrons. The number of hydrogen-bond acceptors (Lipinski definition) is 3. The van der Waals surface area contributed by atoms with Gasteiger partial charge in [-0.3, -0.25) is 14.4 Å². The smallest absolute Gasteiger partial charge is 0.303 e. The lowest BCUT2D eigenvalue weighted by Gasteiger charge is -2.35. The van der Waals surface area contributed by atoms with Crippen molar-refractivity contribution in [2.24, 2.45) is 7.05 Å². The quantitative estimate of drug-likeness (QED) is 0.884. The number of aryl methyl sites for hydroxylation is 2. The Morgan fingerprint density at radius 3 is 2.95 bits per heavy atom. The van der Waals surface area contributed by atoms with Crippen molar-refractivity contribution in [3.05, 3.63) is 17.5 Å². The highest BCUT2D eigenvalue weighted by Gasteiger charge is 2.23. The summed E-state index contributed by atoms with van der Waals surface area (Å²) in [6.45, 7) is 3.99. The van der Waals surface area contributed by atoms with Crippen molar-refractivity contribution in [1.29, 1.82) is 0 Å². The second-order valence-electron chi connectivity index (χ2n) is 5.47. The summed E-state index contributed by atoms with van der Waals surface area (Å²) in [7, 11) is 1.94. The fourth-order valence-electron chi connectivity index (χ4n) is 2.91. The number of likely N-dealkylation sites (tertiary alicyclic amines) is 1. The largest absolute Gasteiger partial charge is 0.481 e. The van der Waals surface area contributed by atoms with Crippen LogP contribution in [-0.2, 0) is 18.4 Å². The molecule has 19 heavy (non-hydrogen) atoms. The van der Waals surface area contributed by atoms with Gasteiger partial charge in [-0.2, -0.15) is 5.10 Å². The Kier molecular flexibility index (Phi) is 4.58. The fraction of sp³-hybridized carbons (Fsp3) is 0.714. The number of carboxylic acids is 1. The van der Waals surface area contributed by atoms with E-state index >= 15 is 0 Å². The van der Waals surface area contributed by atoms with Gasteiger partial charge in [0.25, 0.3) is 0 Å². The van der Waals surface area contributed by atoms with Gasteiger partial charge in [0, 0.05) is 37.8 Å². The van der Waals surface area contributed by atoms with Gasteiger partial charge in [-0.15, -0.1) is 0 Å². The minimum atomic E-state index is -0.692. The number of aliphatic carboxylic acids is 1. The first kappa shape index (κ1) is 14.1. The SMILES string of the molecule is Cc1nn(C)cc1CN1CCCCC1CCC(=O)O. The normalized spacial score (nSPS) is 20.6. The highest BCUT2D eigenvalue weighted by Crippen LogP contribution is 2.23. The molecule has 2 rings (SSSR count). The van der Waals surface area contributed by atoms with Crippen LogP contribution in [0.4, 0.5) is 0 Å². The molecule has 106 valence electrons. The van der Waals surface area contributed by atoms with Gasteiger partial charge in [0.2, 0.25) is 0 Å². The molecule has 0 aromatic carbocycles. The highest BCUT2D eigenvalue weighted by atomic mass is 16.4. The molecule has 0 aliphatic carbocycles. The van der Waals surface area contributed by atoms with Crippen LogP contribution in [0.3, 0.4) is 0 Å². The fourth-order valence-corrected chi connectivity index (χ4v) is 2.91. The molecule has 1 saturated heterocycles. The van der Waals surface area contributed by atoms with Crippen molar-refractivity contribution in [3.8, 4) is 0 Å². The van der Waals surface area contributed by atoms with Gasteiger partial charge < -0.3 is 5.11 Å². The van der Waals surface area contributed by atoms with Crippen LogP contribution in [0.5, 0.6) is 0 Å². The maximum Gasteiger partial charge on any atom is 0.303 e. The third-order valence-corrected chi connectivity index (χ3v) is 3.93. The van der Waals surface area contributed by atoms with Crippen LogP contribution in [0.2, 0.25) is 0 Å². The van der Waals surface area contributed by atoms with Crippen molar-refractivity contribution < 1.29 is 9.90 Å². The van der Waals surface area contributed by atoms with E-state index < -0.39 is 5.97 Å². The Morgan fingerprint density at radius 2 is 2.32 bits per heavy atom. The van der Waals surface area contributed by atoms with Crippen LogP contribution in [0, 0.1) is 6.92 Å². The van der Waals surface area contributed by atoms with Crippen molar-refractivity contribution in [1.82, 2.24) is 14.7 Å². The van der Waals surface area contributed by atoms with Gasteiger partial charge >= 0.3 is 5.97 Å². The van der Waals surface area contributed by atoms with Gasteiger partial charge in [-0.05, 0) is 32.7 Å². The first-order chi connectivity index (χ1) is 9.06. The van der Waals surface area contributed by atoms with E-state index in [-0.39, 0.29) is 6.42 Å². The summed E-state index contributed by atoms with van der Waals surface area (Å²) in [6.07, 6.45) is 6.64. The van der Waals surface area contributed by atoms with Crippen molar-refractivity contribution >= 4 is 5.97 Å². The van der Waals surface area contributed by atoms with E-state index in [9.17, 15) is 4.79 Å². The molecule has 1 unspecified atom stereocenters. The van der Waals surface area contributed by atoms with Crippen LogP contribution >= 0.6 is 0 Å². The number of carbonyl (C=O) groups is 1. The summed E-state index contributed by atoms with van der Waals surface area (Å²) >= 11 is 0. The van der Waals surface area contributed by atoms with Gasteiger partial charge in [0.05, 0.1) is 5.69 Å². The Hall–Kier alpha value is -1.36. The predicted molar refractivity (Wildman–Crippen MR) is 72.9 cm³/mol. The number of piperidine rings is 1. The summed E-state index contributed by atoms with van der Waals surface area (Å²) in [5.74, 6) is -0.692. The Morgan fingerprint density at radius 1 is 1.53 bits per heavy atom. The summed E-state index contributed by atoms with van der Waals surface area (Å²) < 4.78 is 1.85. The molecule has 0 saturated carbocycles. The average molecular weight is 265 g/mol. The first-order valence-corrected chi connectivity index (χ1v) is 7.01. The monoisotopic (exact) mass is 265 g/mol. The van der Waals surface area contributed by atoms with E-state index in [1.54, 1.807) is 0 Å². The number of nitrogens with zero attached hydrogens (tertiary/aromatic N) is 3. The Balaban J connectivity index is 1.99. The zero-order valence-electron chi connectivity index (χ0n) is 11.8. The summed E-state index contributed by atoms with van der Waals surface area (Å²) in [5, 5.41) is 13.2. The molecule has 1 aliphatic rings. The molecule has 1 N–H and O–H groups in total.